The van der Waals surface area contributed by atoms with E-state index >= 15 is 0 Å². The van der Waals surface area contributed by atoms with Crippen LogP contribution in [0.3, 0.4) is 0 Å². The molecule has 6 heteroatoms. The van der Waals surface area contributed by atoms with Crippen LogP contribution in [0.15, 0.2) is 18.2 Å². The van der Waals surface area contributed by atoms with Gasteiger partial charge in [0.1, 0.15) is 0 Å². The van der Waals surface area contributed by atoms with Gasteiger partial charge < -0.3 is 15.0 Å². The number of likely N-dealkylation sites (tertiary alicyclic amines) is 1. The van der Waals surface area contributed by atoms with Crippen LogP contribution in [0.2, 0.25) is 10.0 Å². The maximum atomic E-state index is 12.5. The number of nitrogens with zero attached hydrogens (tertiary/aromatic N) is 1. The fourth-order valence-corrected chi connectivity index (χ4v) is 3.69. The smallest absolute Gasteiger partial charge is 0.239 e. The van der Waals surface area contributed by atoms with Gasteiger partial charge in [-0.3, -0.25) is 4.79 Å². The zero-order valence-electron chi connectivity index (χ0n) is 13.8. The SMILES string of the molecule is O=C(C1CCCCN1)N1CCC(OCc2ccc(Cl)c(Cl)c2)CC1. The summed E-state index contributed by atoms with van der Waals surface area (Å²) in [6.45, 7) is 3.05. The van der Waals surface area contributed by atoms with E-state index in [-0.39, 0.29) is 18.1 Å². The number of amides is 1. The molecule has 0 spiro atoms. The van der Waals surface area contributed by atoms with Crippen molar-refractivity contribution in [3.8, 4) is 0 Å². The Morgan fingerprint density at radius 3 is 2.62 bits per heavy atom. The Balaban J connectivity index is 1.43. The van der Waals surface area contributed by atoms with Gasteiger partial charge in [-0.05, 0) is 49.9 Å². The third kappa shape index (κ3) is 4.63. The topological polar surface area (TPSA) is 41.6 Å². The second kappa shape index (κ2) is 8.52. The maximum absolute atomic E-state index is 12.5. The molecule has 2 aliphatic heterocycles. The summed E-state index contributed by atoms with van der Waals surface area (Å²) < 4.78 is 5.98. The largest absolute Gasteiger partial charge is 0.373 e. The van der Waals surface area contributed by atoms with Crippen LogP contribution in [0.25, 0.3) is 0 Å². The molecule has 132 valence electrons. The van der Waals surface area contributed by atoms with Crippen molar-refractivity contribution in [2.45, 2.75) is 50.9 Å². The summed E-state index contributed by atoms with van der Waals surface area (Å²) in [4.78, 5) is 14.5. The summed E-state index contributed by atoms with van der Waals surface area (Å²) in [6.07, 6.45) is 5.26. The van der Waals surface area contributed by atoms with E-state index in [0.717, 1.165) is 50.9 Å². The van der Waals surface area contributed by atoms with Gasteiger partial charge in [0, 0.05) is 13.1 Å². The van der Waals surface area contributed by atoms with Gasteiger partial charge in [-0.15, -0.1) is 0 Å². The number of nitrogens with one attached hydrogen (secondary N) is 1. The molecule has 1 atom stereocenters. The van der Waals surface area contributed by atoms with Gasteiger partial charge in [-0.25, -0.2) is 0 Å². The lowest BCUT2D eigenvalue weighted by molar-refractivity contribution is -0.136. The van der Waals surface area contributed by atoms with Crippen molar-refractivity contribution in [1.82, 2.24) is 10.2 Å². The highest BCUT2D eigenvalue weighted by atomic mass is 35.5. The first-order valence-electron chi connectivity index (χ1n) is 8.71. The van der Waals surface area contributed by atoms with E-state index in [0.29, 0.717) is 16.7 Å². The second-order valence-electron chi connectivity index (χ2n) is 6.59. The summed E-state index contributed by atoms with van der Waals surface area (Å²) in [6, 6.07) is 5.59. The van der Waals surface area contributed by atoms with Crippen molar-refractivity contribution in [2.75, 3.05) is 19.6 Å². The first-order valence-corrected chi connectivity index (χ1v) is 9.47. The van der Waals surface area contributed by atoms with Crippen LogP contribution in [-0.4, -0.2) is 42.6 Å². The Bertz CT molecular complexity index is 568. The number of hydrogen-bond acceptors (Lipinski definition) is 3. The zero-order valence-corrected chi connectivity index (χ0v) is 15.3. The highest BCUT2D eigenvalue weighted by molar-refractivity contribution is 6.42. The molecule has 1 aromatic carbocycles. The fourth-order valence-electron chi connectivity index (χ4n) is 3.37. The van der Waals surface area contributed by atoms with E-state index in [2.05, 4.69) is 5.32 Å². The van der Waals surface area contributed by atoms with Gasteiger partial charge >= 0.3 is 0 Å². The average Bonchev–Trinajstić information content (AvgIpc) is 2.63. The number of piperidine rings is 2. The molecule has 2 aliphatic rings. The number of carbonyl (C=O) groups excluding carboxylic acids is 1. The summed E-state index contributed by atoms with van der Waals surface area (Å²) in [5, 5.41) is 4.45. The van der Waals surface area contributed by atoms with Gasteiger partial charge in [-0.1, -0.05) is 35.7 Å². The quantitative estimate of drug-likeness (QED) is 0.879. The minimum atomic E-state index is 0.0208. The molecule has 1 N–H and O–H groups in total. The van der Waals surface area contributed by atoms with E-state index in [1.807, 2.05) is 17.0 Å². The standard InChI is InChI=1S/C18H24Cl2N2O2/c19-15-5-4-13(11-16(15)20)12-24-14-6-9-22(10-7-14)18(23)17-3-1-2-8-21-17/h4-5,11,14,17,21H,1-3,6-10,12H2. The molecule has 0 aliphatic carbocycles. The van der Waals surface area contributed by atoms with Crippen molar-refractivity contribution >= 4 is 29.1 Å². The van der Waals surface area contributed by atoms with Crippen LogP contribution >= 0.6 is 23.2 Å². The molecule has 0 aromatic heterocycles. The van der Waals surface area contributed by atoms with Crippen molar-refractivity contribution in [1.29, 1.82) is 0 Å². The van der Waals surface area contributed by atoms with Crippen LogP contribution in [0.1, 0.15) is 37.7 Å². The molecule has 1 unspecified atom stereocenters. The Kier molecular flexibility index (Phi) is 6.39. The number of carbonyl (C=O) groups is 1. The van der Waals surface area contributed by atoms with Gasteiger partial charge in [0.15, 0.2) is 0 Å². The van der Waals surface area contributed by atoms with Crippen LogP contribution in [0.4, 0.5) is 0 Å². The molecule has 2 heterocycles. The fraction of sp³-hybridized carbons (Fsp3) is 0.611. The highest BCUT2D eigenvalue weighted by Crippen LogP contribution is 2.24. The molecule has 1 amide bonds. The van der Waals surface area contributed by atoms with E-state index in [1.165, 1.54) is 6.42 Å². The molecule has 4 nitrogen and oxygen atoms in total. The molecule has 2 saturated heterocycles. The van der Waals surface area contributed by atoms with Crippen LogP contribution in [-0.2, 0) is 16.1 Å². The molecule has 0 radical (unpaired) electrons. The normalized spacial score (nSPS) is 22.6. The first kappa shape index (κ1) is 18.0. The Morgan fingerprint density at radius 1 is 1.17 bits per heavy atom. The summed E-state index contributed by atoms with van der Waals surface area (Å²) in [5.74, 6) is 0.262. The Morgan fingerprint density at radius 2 is 1.96 bits per heavy atom. The molecule has 2 fully saturated rings. The lowest BCUT2D eigenvalue weighted by Crippen LogP contribution is -2.51. The number of halogens is 2. The van der Waals surface area contributed by atoms with Gasteiger partial charge in [0.2, 0.25) is 5.91 Å². The van der Waals surface area contributed by atoms with Crippen LogP contribution < -0.4 is 5.32 Å². The zero-order chi connectivity index (χ0) is 16.9. The minimum absolute atomic E-state index is 0.0208. The number of benzene rings is 1. The third-order valence-electron chi connectivity index (χ3n) is 4.83. The maximum Gasteiger partial charge on any atom is 0.239 e. The molecule has 24 heavy (non-hydrogen) atoms. The lowest BCUT2D eigenvalue weighted by atomic mass is 10.0. The van der Waals surface area contributed by atoms with Gasteiger partial charge in [0.25, 0.3) is 0 Å². The molecule has 3 rings (SSSR count). The van der Waals surface area contributed by atoms with Crippen LogP contribution in [0.5, 0.6) is 0 Å². The summed E-state index contributed by atoms with van der Waals surface area (Å²) >= 11 is 11.9. The van der Waals surface area contributed by atoms with E-state index in [9.17, 15) is 4.79 Å². The van der Waals surface area contributed by atoms with E-state index in [1.54, 1.807) is 6.07 Å². The Labute approximate surface area is 153 Å². The minimum Gasteiger partial charge on any atom is -0.373 e. The summed E-state index contributed by atoms with van der Waals surface area (Å²) in [5.41, 5.74) is 1.02. The first-order chi connectivity index (χ1) is 11.6. The van der Waals surface area contributed by atoms with E-state index in [4.69, 9.17) is 27.9 Å². The van der Waals surface area contributed by atoms with Crippen LogP contribution in [0, 0.1) is 0 Å². The number of rotatable bonds is 4. The van der Waals surface area contributed by atoms with Gasteiger partial charge in [-0.2, -0.15) is 0 Å². The summed E-state index contributed by atoms with van der Waals surface area (Å²) in [7, 11) is 0. The van der Waals surface area contributed by atoms with Crippen molar-refractivity contribution in [2.24, 2.45) is 0 Å². The molecule has 0 bridgehead atoms. The average molecular weight is 371 g/mol. The number of hydrogen-bond donors (Lipinski definition) is 1. The van der Waals surface area contributed by atoms with Crippen molar-refractivity contribution < 1.29 is 9.53 Å². The predicted molar refractivity (Wildman–Crippen MR) is 96.5 cm³/mol. The van der Waals surface area contributed by atoms with Crippen molar-refractivity contribution in [3.05, 3.63) is 33.8 Å². The third-order valence-corrected chi connectivity index (χ3v) is 5.57. The Hall–Kier alpha value is -0.810. The molecule has 0 saturated carbocycles. The van der Waals surface area contributed by atoms with E-state index < -0.39 is 0 Å². The monoisotopic (exact) mass is 370 g/mol. The highest BCUT2D eigenvalue weighted by Gasteiger charge is 2.29. The number of ether oxygens (including phenoxy) is 1. The molecular weight excluding hydrogens is 347 g/mol. The second-order valence-corrected chi connectivity index (χ2v) is 7.40. The predicted octanol–water partition coefficient (Wildman–Crippen LogP) is 3.64. The molecule has 1 aromatic rings. The lowest BCUT2D eigenvalue weighted by Gasteiger charge is -2.35. The molecular formula is C18H24Cl2N2O2. The van der Waals surface area contributed by atoms with Crippen molar-refractivity contribution in [3.63, 3.8) is 0 Å². The van der Waals surface area contributed by atoms with Gasteiger partial charge in [0.05, 0.1) is 28.8 Å².